The molecule has 0 heterocycles. The van der Waals surface area contributed by atoms with E-state index in [1.165, 1.54) is 26.5 Å². The van der Waals surface area contributed by atoms with Crippen LogP contribution in [-0.4, -0.2) is 38.9 Å². The van der Waals surface area contributed by atoms with Gasteiger partial charge < -0.3 is 18.9 Å². The molecule has 0 radical (unpaired) electrons. The van der Waals surface area contributed by atoms with Crippen LogP contribution in [0.5, 0.6) is 23.0 Å². The van der Waals surface area contributed by atoms with Crippen LogP contribution in [0, 0.1) is 0 Å². The van der Waals surface area contributed by atoms with E-state index in [4.69, 9.17) is 18.9 Å². The van der Waals surface area contributed by atoms with Crippen molar-refractivity contribution in [2.24, 2.45) is 5.10 Å². The van der Waals surface area contributed by atoms with E-state index in [9.17, 15) is 9.59 Å². The third-order valence-electron chi connectivity index (χ3n) is 4.30. The van der Waals surface area contributed by atoms with Gasteiger partial charge in [-0.05, 0) is 48.5 Å². The van der Waals surface area contributed by atoms with E-state index in [1.807, 2.05) is 18.2 Å². The Kier molecular flexibility index (Phi) is 8.43. The van der Waals surface area contributed by atoms with Gasteiger partial charge >= 0.3 is 5.97 Å². The SMILES string of the molecule is COc1ccc(C(=O)Oc2ccc(Br)cc2C=NNC(=O)COc2ccccc2)cc1OC. The number of halogens is 1. The topological polar surface area (TPSA) is 95.5 Å². The molecule has 0 atom stereocenters. The second kappa shape index (κ2) is 11.7. The molecule has 8 nitrogen and oxygen atoms in total. The van der Waals surface area contributed by atoms with Gasteiger partial charge in [-0.3, -0.25) is 4.79 Å². The number of esters is 1. The maximum Gasteiger partial charge on any atom is 0.343 e. The molecule has 3 aromatic rings. The van der Waals surface area contributed by atoms with Crippen LogP contribution in [0.2, 0.25) is 0 Å². The van der Waals surface area contributed by atoms with Crippen molar-refractivity contribution < 1.29 is 28.5 Å². The molecule has 9 heteroatoms. The number of hydrazone groups is 1. The Balaban J connectivity index is 1.66. The number of hydrogen-bond donors (Lipinski definition) is 1. The summed E-state index contributed by atoms with van der Waals surface area (Å²) in [5.74, 6) is 0.717. The Labute approximate surface area is 199 Å². The number of amides is 1. The fraction of sp³-hybridized carbons (Fsp3) is 0.125. The minimum Gasteiger partial charge on any atom is -0.493 e. The van der Waals surface area contributed by atoms with E-state index < -0.39 is 11.9 Å². The standard InChI is InChI=1S/C24H21BrN2O6/c1-30-21-10-8-16(13-22(21)31-2)24(29)33-20-11-9-18(25)12-17(20)14-26-27-23(28)15-32-19-6-4-3-5-7-19/h3-14H,15H2,1-2H3,(H,27,28). The van der Waals surface area contributed by atoms with Crippen molar-refractivity contribution in [2.45, 2.75) is 0 Å². The monoisotopic (exact) mass is 512 g/mol. The summed E-state index contributed by atoms with van der Waals surface area (Å²) in [6.07, 6.45) is 1.38. The lowest BCUT2D eigenvalue weighted by Crippen LogP contribution is -2.24. The molecule has 1 N–H and O–H groups in total. The highest BCUT2D eigenvalue weighted by molar-refractivity contribution is 9.10. The second-order valence-corrected chi connectivity index (χ2v) is 7.45. The van der Waals surface area contributed by atoms with Gasteiger partial charge in [-0.15, -0.1) is 0 Å². The predicted molar refractivity (Wildman–Crippen MR) is 126 cm³/mol. The average molecular weight is 513 g/mol. The highest BCUT2D eigenvalue weighted by atomic mass is 79.9. The van der Waals surface area contributed by atoms with E-state index in [0.29, 0.717) is 22.8 Å². The van der Waals surface area contributed by atoms with Crippen molar-refractivity contribution in [1.29, 1.82) is 0 Å². The van der Waals surface area contributed by atoms with Gasteiger partial charge in [0.25, 0.3) is 5.91 Å². The molecule has 1 amide bonds. The van der Waals surface area contributed by atoms with E-state index >= 15 is 0 Å². The van der Waals surface area contributed by atoms with E-state index in [2.05, 4.69) is 26.5 Å². The first-order valence-corrected chi connectivity index (χ1v) is 10.5. The smallest absolute Gasteiger partial charge is 0.343 e. The van der Waals surface area contributed by atoms with E-state index in [-0.39, 0.29) is 17.9 Å². The quantitative estimate of drug-likeness (QED) is 0.199. The van der Waals surface area contributed by atoms with Gasteiger partial charge in [-0.1, -0.05) is 34.1 Å². The zero-order chi connectivity index (χ0) is 23.6. The number of nitrogens with one attached hydrogen (secondary N) is 1. The van der Waals surface area contributed by atoms with Crippen LogP contribution in [0.4, 0.5) is 0 Å². The first-order chi connectivity index (χ1) is 16.0. The molecule has 0 aliphatic heterocycles. The minimum atomic E-state index is -0.590. The summed E-state index contributed by atoms with van der Waals surface area (Å²) >= 11 is 3.37. The molecule has 0 unspecified atom stereocenters. The fourth-order valence-corrected chi connectivity index (χ4v) is 3.09. The molecule has 0 aliphatic carbocycles. The fourth-order valence-electron chi connectivity index (χ4n) is 2.71. The van der Waals surface area contributed by atoms with Crippen molar-refractivity contribution in [3.63, 3.8) is 0 Å². The number of para-hydroxylation sites is 1. The predicted octanol–water partition coefficient (Wildman–Crippen LogP) is 4.21. The van der Waals surface area contributed by atoms with Crippen LogP contribution >= 0.6 is 15.9 Å². The zero-order valence-corrected chi connectivity index (χ0v) is 19.5. The highest BCUT2D eigenvalue weighted by Crippen LogP contribution is 2.29. The third kappa shape index (κ3) is 6.81. The van der Waals surface area contributed by atoms with Gasteiger partial charge in [0, 0.05) is 10.0 Å². The van der Waals surface area contributed by atoms with Gasteiger partial charge in [0.05, 0.1) is 26.0 Å². The van der Waals surface area contributed by atoms with E-state index in [0.717, 1.165) is 4.47 Å². The molecule has 0 spiro atoms. The van der Waals surface area contributed by atoms with Crippen LogP contribution in [-0.2, 0) is 4.79 Å². The maximum atomic E-state index is 12.7. The first kappa shape index (κ1) is 23.8. The van der Waals surface area contributed by atoms with Gasteiger partial charge in [-0.2, -0.15) is 5.10 Å². The lowest BCUT2D eigenvalue weighted by atomic mass is 10.2. The molecule has 33 heavy (non-hydrogen) atoms. The summed E-state index contributed by atoms with van der Waals surface area (Å²) in [4.78, 5) is 24.6. The molecule has 0 aromatic heterocycles. The number of carbonyl (C=O) groups is 2. The Morgan fingerprint density at radius 3 is 2.39 bits per heavy atom. The lowest BCUT2D eigenvalue weighted by Gasteiger charge is -2.11. The van der Waals surface area contributed by atoms with Crippen molar-refractivity contribution in [2.75, 3.05) is 20.8 Å². The molecular formula is C24H21BrN2O6. The van der Waals surface area contributed by atoms with Crippen molar-refractivity contribution >= 4 is 34.0 Å². The molecule has 3 aromatic carbocycles. The lowest BCUT2D eigenvalue weighted by molar-refractivity contribution is -0.123. The molecule has 3 rings (SSSR count). The van der Waals surface area contributed by atoms with Crippen LogP contribution in [0.25, 0.3) is 0 Å². The number of methoxy groups -OCH3 is 2. The summed E-state index contributed by atoms with van der Waals surface area (Å²) < 4.78 is 22.1. The minimum absolute atomic E-state index is 0.193. The average Bonchev–Trinajstić information content (AvgIpc) is 2.84. The van der Waals surface area contributed by atoms with Gasteiger partial charge in [0.15, 0.2) is 18.1 Å². The largest absolute Gasteiger partial charge is 0.493 e. The number of nitrogens with zero attached hydrogens (tertiary/aromatic N) is 1. The molecular weight excluding hydrogens is 492 g/mol. The third-order valence-corrected chi connectivity index (χ3v) is 4.79. The zero-order valence-electron chi connectivity index (χ0n) is 17.9. The van der Waals surface area contributed by atoms with E-state index in [1.54, 1.807) is 42.5 Å². The number of hydrogen-bond acceptors (Lipinski definition) is 7. The van der Waals surface area contributed by atoms with Crippen molar-refractivity contribution in [1.82, 2.24) is 5.43 Å². The Morgan fingerprint density at radius 1 is 0.939 bits per heavy atom. The van der Waals surface area contributed by atoms with Gasteiger partial charge in [0.1, 0.15) is 11.5 Å². The Morgan fingerprint density at radius 2 is 1.67 bits per heavy atom. The summed E-state index contributed by atoms with van der Waals surface area (Å²) in [7, 11) is 2.99. The normalized spacial score (nSPS) is 10.5. The Hall–Kier alpha value is -3.85. The van der Waals surface area contributed by atoms with Crippen LogP contribution < -0.4 is 24.4 Å². The number of carbonyl (C=O) groups excluding carboxylic acids is 2. The van der Waals surface area contributed by atoms with Gasteiger partial charge in [-0.25, -0.2) is 10.2 Å². The maximum absolute atomic E-state index is 12.7. The van der Waals surface area contributed by atoms with Crippen molar-refractivity contribution in [3.05, 3.63) is 82.3 Å². The number of benzene rings is 3. The van der Waals surface area contributed by atoms with Crippen LogP contribution in [0.15, 0.2) is 76.3 Å². The molecule has 0 fully saturated rings. The van der Waals surface area contributed by atoms with Crippen molar-refractivity contribution in [3.8, 4) is 23.0 Å². The number of ether oxygens (including phenoxy) is 4. The Bertz CT molecular complexity index is 1150. The molecule has 0 aliphatic rings. The van der Waals surface area contributed by atoms with Crippen LogP contribution in [0.3, 0.4) is 0 Å². The first-order valence-electron chi connectivity index (χ1n) is 9.73. The molecule has 0 saturated heterocycles. The molecule has 170 valence electrons. The summed E-state index contributed by atoms with van der Waals surface area (Å²) in [5, 5.41) is 3.93. The summed E-state index contributed by atoms with van der Waals surface area (Å²) in [6.45, 7) is -0.193. The van der Waals surface area contributed by atoms with Crippen LogP contribution in [0.1, 0.15) is 15.9 Å². The second-order valence-electron chi connectivity index (χ2n) is 6.54. The molecule has 0 bridgehead atoms. The highest BCUT2D eigenvalue weighted by Gasteiger charge is 2.15. The summed E-state index contributed by atoms with van der Waals surface area (Å²) in [6, 6.07) is 18.7. The molecule has 0 saturated carbocycles. The number of rotatable bonds is 9. The summed E-state index contributed by atoms with van der Waals surface area (Å²) in [5.41, 5.74) is 3.14. The van der Waals surface area contributed by atoms with Gasteiger partial charge in [0.2, 0.25) is 0 Å².